The van der Waals surface area contributed by atoms with Crippen LogP contribution in [0.3, 0.4) is 0 Å². The minimum atomic E-state index is -0.543. The third-order valence-corrected chi connectivity index (χ3v) is 5.49. The summed E-state index contributed by atoms with van der Waals surface area (Å²) in [6, 6.07) is 8.16. The van der Waals surface area contributed by atoms with Crippen LogP contribution in [-0.4, -0.2) is 48.7 Å². The van der Waals surface area contributed by atoms with E-state index in [4.69, 9.17) is 9.47 Å². The Morgan fingerprint density at radius 2 is 1.81 bits per heavy atom. The van der Waals surface area contributed by atoms with E-state index in [0.717, 1.165) is 22.6 Å². The van der Waals surface area contributed by atoms with Gasteiger partial charge in [0.2, 0.25) is 0 Å². The molecule has 2 heterocycles. The molecule has 1 aromatic carbocycles. The molecule has 2 aromatic rings. The van der Waals surface area contributed by atoms with Crippen molar-refractivity contribution in [3.63, 3.8) is 0 Å². The molecule has 31 heavy (non-hydrogen) atoms. The summed E-state index contributed by atoms with van der Waals surface area (Å²) >= 11 is 0. The van der Waals surface area contributed by atoms with Gasteiger partial charge in [-0.25, -0.2) is 9.18 Å². The molecule has 0 saturated carbocycles. The molecule has 0 saturated heterocycles. The first-order chi connectivity index (χ1) is 14.8. The SMILES string of the molecule is COCCCN1C(=O)/C(=C\c2cc(C)n(-c3ccc(F)cc3)c2C)C(C(=O)OC)=C1C. The number of carbonyl (C=O) groups is 2. The lowest BCUT2D eigenvalue weighted by Gasteiger charge is -2.17. The number of nitrogens with zero attached hydrogens (tertiary/aromatic N) is 2. The molecule has 1 aromatic heterocycles. The highest BCUT2D eigenvalue weighted by Gasteiger charge is 2.36. The first-order valence-corrected chi connectivity index (χ1v) is 10.1. The number of benzene rings is 1. The molecular weight excluding hydrogens is 399 g/mol. The van der Waals surface area contributed by atoms with Crippen LogP contribution in [0.15, 0.2) is 47.2 Å². The van der Waals surface area contributed by atoms with Crippen molar-refractivity contribution >= 4 is 18.0 Å². The molecule has 1 aliphatic heterocycles. The van der Waals surface area contributed by atoms with Crippen molar-refractivity contribution in [3.05, 3.63) is 69.9 Å². The highest BCUT2D eigenvalue weighted by atomic mass is 19.1. The number of aryl methyl sites for hydroxylation is 1. The lowest BCUT2D eigenvalue weighted by molar-refractivity contribution is -0.136. The Balaban J connectivity index is 2.05. The topological polar surface area (TPSA) is 60.8 Å². The lowest BCUT2D eigenvalue weighted by Crippen LogP contribution is -2.26. The summed E-state index contributed by atoms with van der Waals surface area (Å²) in [6.45, 7) is 6.58. The zero-order valence-corrected chi connectivity index (χ0v) is 18.5. The number of hydrogen-bond acceptors (Lipinski definition) is 4. The molecule has 6 nitrogen and oxygen atoms in total. The van der Waals surface area contributed by atoms with Crippen LogP contribution >= 0.6 is 0 Å². The second-order valence-electron chi connectivity index (χ2n) is 7.45. The van der Waals surface area contributed by atoms with Gasteiger partial charge in [0.1, 0.15) is 5.82 Å². The summed E-state index contributed by atoms with van der Waals surface area (Å²) in [5, 5.41) is 0. The van der Waals surface area contributed by atoms with Gasteiger partial charge in [0.25, 0.3) is 5.91 Å². The molecule has 0 fully saturated rings. The van der Waals surface area contributed by atoms with Crippen LogP contribution in [0.1, 0.15) is 30.3 Å². The molecule has 1 amide bonds. The Morgan fingerprint density at radius 3 is 2.42 bits per heavy atom. The van der Waals surface area contributed by atoms with Crippen molar-refractivity contribution in [2.45, 2.75) is 27.2 Å². The number of rotatable bonds is 7. The van der Waals surface area contributed by atoms with E-state index in [1.165, 1.54) is 19.2 Å². The van der Waals surface area contributed by atoms with Crippen LogP contribution < -0.4 is 0 Å². The molecule has 0 atom stereocenters. The van der Waals surface area contributed by atoms with E-state index in [0.29, 0.717) is 30.8 Å². The second-order valence-corrected chi connectivity index (χ2v) is 7.45. The number of carbonyl (C=O) groups excluding carboxylic acids is 2. The number of aromatic nitrogens is 1. The van der Waals surface area contributed by atoms with Gasteiger partial charge in [0.05, 0.1) is 18.3 Å². The van der Waals surface area contributed by atoms with E-state index in [1.54, 1.807) is 37.1 Å². The summed E-state index contributed by atoms with van der Waals surface area (Å²) in [6.07, 6.45) is 2.39. The minimum absolute atomic E-state index is 0.236. The number of methoxy groups -OCH3 is 2. The Hall–Kier alpha value is -3.19. The fourth-order valence-corrected chi connectivity index (χ4v) is 3.94. The fourth-order valence-electron chi connectivity index (χ4n) is 3.94. The molecule has 0 N–H and O–H groups in total. The van der Waals surface area contributed by atoms with Crippen LogP contribution in [0.4, 0.5) is 4.39 Å². The predicted octanol–water partition coefficient (Wildman–Crippen LogP) is 3.94. The van der Waals surface area contributed by atoms with Crippen molar-refractivity contribution in [1.82, 2.24) is 9.47 Å². The molecule has 0 radical (unpaired) electrons. The average Bonchev–Trinajstić information content (AvgIpc) is 3.15. The van der Waals surface area contributed by atoms with Crippen LogP contribution in [-0.2, 0) is 19.1 Å². The predicted molar refractivity (Wildman–Crippen MR) is 116 cm³/mol. The number of ether oxygens (including phenoxy) is 2. The summed E-state index contributed by atoms with van der Waals surface area (Å²) in [7, 11) is 2.91. The number of esters is 1. The monoisotopic (exact) mass is 426 g/mol. The van der Waals surface area contributed by atoms with E-state index in [2.05, 4.69) is 0 Å². The molecule has 0 spiro atoms. The van der Waals surface area contributed by atoms with Gasteiger partial charge in [-0.05, 0) is 69.2 Å². The number of allylic oxidation sites excluding steroid dienone is 1. The summed E-state index contributed by atoms with van der Waals surface area (Å²) in [5.41, 5.74) is 4.59. The normalized spacial score (nSPS) is 15.4. The second kappa shape index (κ2) is 9.31. The van der Waals surface area contributed by atoms with Gasteiger partial charge in [-0.1, -0.05) is 0 Å². The summed E-state index contributed by atoms with van der Waals surface area (Å²) in [4.78, 5) is 27.3. The van der Waals surface area contributed by atoms with E-state index in [-0.39, 0.29) is 17.3 Å². The van der Waals surface area contributed by atoms with Crippen molar-refractivity contribution in [2.24, 2.45) is 0 Å². The third-order valence-electron chi connectivity index (χ3n) is 5.49. The molecular formula is C24H27FN2O4. The lowest BCUT2D eigenvalue weighted by atomic mass is 10.0. The third kappa shape index (κ3) is 4.32. The Bertz CT molecular complexity index is 1060. The Kier molecular flexibility index (Phi) is 6.75. The van der Waals surface area contributed by atoms with Crippen molar-refractivity contribution < 1.29 is 23.5 Å². The summed E-state index contributed by atoms with van der Waals surface area (Å²) < 4.78 is 25.4. The summed E-state index contributed by atoms with van der Waals surface area (Å²) in [5.74, 6) is -1.08. The van der Waals surface area contributed by atoms with Crippen LogP contribution in [0, 0.1) is 19.7 Å². The van der Waals surface area contributed by atoms with Crippen molar-refractivity contribution in [2.75, 3.05) is 27.4 Å². The first kappa shape index (κ1) is 22.5. The average molecular weight is 426 g/mol. The zero-order valence-electron chi connectivity index (χ0n) is 18.5. The molecule has 3 rings (SSSR count). The largest absolute Gasteiger partial charge is 0.465 e. The first-order valence-electron chi connectivity index (χ1n) is 10.1. The number of amides is 1. The van der Waals surface area contributed by atoms with E-state index in [9.17, 15) is 14.0 Å². The van der Waals surface area contributed by atoms with Crippen molar-refractivity contribution in [3.8, 4) is 5.69 Å². The minimum Gasteiger partial charge on any atom is -0.465 e. The Morgan fingerprint density at radius 1 is 1.13 bits per heavy atom. The van der Waals surface area contributed by atoms with Crippen LogP contribution in [0.25, 0.3) is 11.8 Å². The van der Waals surface area contributed by atoms with Gasteiger partial charge in [0, 0.05) is 43.0 Å². The standard InChI is InChI=1S/C24H27FN2O4/c1-15-13-18(16(2)27(15)20-9-7-19(25)8-10-20)14-21-22(24(29)31-5)17(3)26(23(21)28)11-6-12-30-4/h7-10,13-14H,6,11-12H2,1-5H3/b21-14-. The van der Waals surface area contributed by atoms with Crippen molar-refractivity contribution in [1.29, 1.82) is 0 Å². The molecule has 0 unspecified atom stereocenters. The maximum absolute atomic E-state index is 13.3. The maximum Gasteiger partial charge on any atom is 0.340 e. The Labute approximate surface area is 181 Å². The molecule has 0 aliphatic carbocycles. The van der Waals surface area contributed by atoms with Gasteiger partial charge in [-0.3, -0.25) is 4.79 Å². The van der Waals surface area contributed by atoms with Gasteiger partial charge < -0.3 is 18.9 Å². The maximum atomic E-state index is 13.3. The highest BCUT2D eigenvalue weighted by molar-refractivity contribution is 6.16. The smallest absolute Gasteiger partial charge is 0.340 e. The molecule has 1 aliphatic rings. The van der Waals surface area contributed by atoms with Gasteiger partial charge in [0.15, 0.2) is 0 Å². The zero-order chi connectivity index (χ0) is 22.7. The van der Waals surface area contributed by atoms with Gasteiger partial charge in [-0.2, -0.15) is 0 Å². The molecule has 164 valence electrons. The number of halogens is 1. The van der Waals surface area contributed by atoms with Gasteiger partial charge >= 0.3 is 5.97 Å². The molecule has 0 bridgehead atoms. The molecule has 7 heteroatoms. The quantitative estimate of drug-likeness (QED) is 0.382. The highest BCUT2D eigenvalue weighted by Crippen LogP contribution is 2.33. The van der Waals surface area contributed by atoms with Crippen LogP contribution in [0.2, 0.25) is 0 Å². The van der Waals surface area contributed by atoms with E-state index in [1.807, 2.05) is 24.5 Å². The number of hydrogen-bond donors (Lipinski definition) is 0. The van der Waals surface area contributed by atoms with E-state index >= 15 is 0 Å². The van der Waals surface area contributed by atoms with E-state index < -0.39 is 5.97 Å². The fraction of sp³-hybridized carbons (Fsp3) is 0.333. The van der Waals surface area contributed by atoms with Gasteiger partial charge in [-0.15, -0.1) is 0 Å². The van der Waals surface area contributed by atoms with Crippen LogP contribution in [0.5, 0.6) is 0 Å².